The molecule has 5 N–H and O–H groups in total. The normalized spacial score (nSPS) is 17.2. The maximum atomic E-state index is 13.1. The van der Waals surface area contributed by atoms with Crippen molar-refractivity contribution in [2.75, 3.05) is 24.1 Å². The molecule has 1 atom stereocenters. The number of nitrogens with zero attached hydrogens (tertiary/aromatic N) is 2. The van der Waals surface area contributed by atoms with Crippen molar-refractivity contribution in [2.45, 2.75) is 37.6 Å². The van der Waals surface area contributed by atoms with E-state index >= 15 is 0 Å². The van der Waals surface area contributed by atoms with Crippen molar-refractivity contribution in [3.63, 3.8) is 0 Å². The van der Waals surface area contributed by atoms with E-state index in [2.05, 4.69) is 26.1 Å². The van der Waals surface area contributed by atoms with Gasteiger partial charge in [-0.1, -0.05) is 17.3 Å². The Bertz CT molecular complexity index is 1180. The quantitative estimate of drug-likeness (QED) is 0.425. The van der Waals surface area contributed by atoms with Gasteiger partial charge in [-0.05, 0) is 68.5 Å². The fourth-order valence-electron chi connectivity index (χ4n) is 4.40. The second kappa shape index (κ2) is 9.64. The molecule has 3 heterocycles. The Morgan fingerprint density at radius 1 is 1.06 bits per heavy atom. The molecule has 2 aromatic heterocycles. The highest BCUT2D eigenvalue weighted by Gasteiger charge is 2.31. The highest BCUT2D eigenvalue weighted by atomic mass is 16.5. The molecule has 1 aliphatic carbocycles. The van der Waals surface area contributed by atoms with Crippen LogP contribution in [0.4, 0.5) is 11.5 Å². The minimum absolute atomic E-state index is 0.230. The Hall–Kier alpha value is -3.72. The van der Waals surface area contributed by atoms with Crippen LogP contribution in [0.5, 0.6) is 0 Å². The highest BCUT2D eigenvalue weighted by molar-refractivity contribution is 6.04. The van der Waals surface area contributed by atoms with Crippen molar-refractivity contribution in [3.05, 3.63) is 71.2 Å². The molecule has 2 fully saturated rings. The highest BCUT2D eigenvalue weighted by Crippen LogP contribution is 2.40. The largest absolute Gasteiger partial charge is 0.399 e. The Kier molecular flexibility index (Phi) is 6.27. The van der Waals surface area contributed by atoms with E-state index in [0.29, 0.717) is 28.7 Å². The number of benzene rings is 1. The molecule has 2 amide bonds. The van der Waals surface area contributed by atoms with Crippen LogP contribution in [-0.2, 0) is 0 Å². The average Bonchev–Trinajstić information content (AvgIpc) is 3.59. The number of carbonyl (C=O) groups is 2. The summed E-state index contributed by atoms with van der Waals surface area (Å²) in [7, 11) is 0. The lowest BCUT2D eigenvalue weighted by molar-refractivity contribution is 0.0904. The molecule has 1 saturated heterocycles. The van der Waals surface area contributed by atoms with E-state index < -0.39 is 0 Å². The molecule has 1 saturated carbocycles. The predicted octanol–water partition coefficient (Wildman–Crippen LogP) is 3.25. The monoisotopic (exact) mass is 460 g/mol. The van der Waals surface area contributed by atoms with Crippen molar-refractivity contribution in [1.82, 2.24) is 20.8 Å². The summed E-state index contributed by atoms with van der Waals surface area (Å²) in [4.78, 5) is 30.1. The van der Waals surface area contributed by atoms with E-state index in [0.717, 1.165) is 50.1 Å². The van der Waals surface area contributed by atoms with Crippen LogP contribution >= 0.6 is 0 Å². The third-order valence-electron chi connectivity index (χ3n) is 6.42. The lowest BCUT2D eigenvalue weighted by Crippen LogP contribution is -2.39. The first kappa shape index (κ1) is 22.1. The third kappa shape index (κ3) is 5.09. The lowest BCUT2D eigenvalue weighted by atomic mass is 9.85. The predicted molar refractivity (Wildman–Crippen MR) is 127 cm³/mol. The van der Waals surface area contributed by atoms with E-state index in [1.54, 1.807) is 30.5 Å². The molecule has 176 valence electrons. The fraction of sp³-hybridized carbons (Fsp3) is 0.360. The summed E-state index contributed by atoms with van der Waals surface area (Å²) in [5, 5.41) is 13.3. The number of anilines is 2. The zero-order chi connectivity index (χ0) is 23.5. The average molecular weight is 461 g/mol. The summed E-state index contributed by atoms with van der Waals surface area (Å²) in [5.41, 5.74) is 7.95. The smallest absolute Gasteiger partial charge is 0.273 e. The van der Waals surface area contributed by atoms with Crippen molar-refractivity contribution < 1.29 is 14.1 Å². The first-order chi connectivity index (χ1) is 16.6. The minimum atomic E-state index is -0.291. The summed E-state index contributed by atoms with van der Waals surface area (Å²) >= 11 is 0. The number of aromatic nitrogens is 2. The van der Waals surface area contributed by atoms with Crippen LogP contribution in [0.25, 0.3) is 0 Å². The Balaban J connectivity index is 1.37. The lowest BCUT2D eigenvalue weighted by Gasteiger charge is -2.31. The van der Waals surface area contributed by atoms with Crippen LogP contribution in [0, 0.1) is 5.92 Å². The van der Waals surface area contributed by atoms with Crippen LogP contribution < -0.4 is 21.7 Å². The number of rotatable bonds is 7. The molecule has 2 aliphatic rings. The number of amides is 2. The summed E-state index contributed by atoms with van der Waals surface area (Å²) in [6.45, 7) is 1.77. The molecule has 1 unspecified atom stereocenters. The molecule has 0 radical (unpaired) electrons. The number of nitrogens with two attached hydrogens (primary N) is 1. The van der Waals surface area contributed by atoms with Crippen LogP contribution in [0.15, 0.2) is 53.2 Å². The minimum Gasteiger partial charge on any atom is -0.399 e. The van der Waals surface area contributed by atoms with Gasteiger partial charge in [0.1, 0.15) is 11.6 Å². The van der Waals surface area contributed by atoms with E-state index in [1.807, 2.05) is 18.2 Å². The Morgan fingerprint density at radius 3 is 2.65 bits per heavy atom. The van der Waals surface area contributed by atoms with Crippen molar-refractivity contribution >= 4 is 23.3 Å². The van der Waals surface area contributed by atoms with Gasteiger partial charge in [0, 0.05) is 35.5 Å². The van der Waals surface area contributed by atoms with Crippen molar-refractivity contribution in [3.8, 4) is 0 Å². The molecule has 3 aromatic rings. The van der Waals surface area contributed by atoms with Gasteiger partial charge in [0.15, 0.2) is 5.69 Å². The number of nitrogen functional groups attached to an aromatic ring is 1. The van der Waals surface area contributed by atoms with Gasteiger partial charge in [-0.25, -0.2) is 4.98 Å². The second-order valence-corrected chi connectivity index (χ2v) is 8.98. The van der Waals surface area contributed by atoms with Gasteiger partial charge >= 0.3 is 0 Å². The Morgan fingerprint density at radius 2 is 1.88 bits per heavy atom. The molecular formula is C25H28N6O3. The van der Waals surface area contributed by atoms with Gasteiger partial charge < -0.3 is 26.2 Å². The summed E-state index contributed by atoms with van der Waals surface area (Å²) in [5.74, 6) is 1.22. The van der Waals surface area contributed by atoms with Crippen molar-refractivity contribution in [2.24, 2.45) is 5.92 Å². The van der Waals surface area contributed by atoms with Crippen LogP contribution in [-0.4, -0.2) is 35.0 Å². The fourth-order valence-corrected chi connectivity index (χ4v) is 4.40. The molecule has 1 aromatic carbocycles. The summed E-state index contributed by atoms with van der Waals surface area (Å²) < 4.78 is 5.37. The number of hydrogen-bond acceptors (Lipinski definition) is 7. The zero-order valence-corrected chi connectivity index (χ0v) is 18.8. The molecular weight excluding hydrogens is 432 g/mol. The van der Waals surface area contributed by atoms with E-state index in [9.17, 15) is 9.59 Å². The van der Waals surface area contributed by atoms with E-state index in [1.165, 1.54) is 0 Å². The standard InChI is InChI=1S/C25H28N6O3/c26-19-8-11-28-22(13-19)29-24(32)18-3-1-2-17(12-18)23(16-6-9-27-10-7-16)30-25(33)20-14-21(34-31-20)15-4-5-15/h1-3,8,11-16,23,27H,4-7,9-10H2,(H,30,33)(H3,26,28,29,32). The molecule has 34 heavy (non-hydrogen) atoms. The number of pyridine rings is 1. The second-order valence-electron chi connectivity index (χ2n) is 8.98. The van der Waals surface area contributed by atoms with Crippen LogP contribution in [0.2, 0.25) is 0 Å². The van der Waals surface area contributed by atoms with Gasteiger partial charge in [-0.2, -0.15) is 0 Å². The van der Waals surface area contributed by atoms with Crippen LogP contribution in [0.3, 0.4) is 0 Å². The number of hydrogen-bond donors (Lipinski definition) is 4. The Labute approximate surface area is 197 Å². The number of carbonyl (C=O) groups excluding carboxylic acids is 2. The topological polar surface area (TPSA) is 135 Å². The first-order valence-corrected chi connectivity index (χ1v) is 11.7. The number of nitrogens with one attached hydrogen (secondary N) is 3. The maximum Gasteiger partial charge on any atom is 0.273 e. The molecule has 9 nitrogen and oxygen atoms in total. The molecule has 0 spiro atoms. The first-order valence-electron chi connectivity index (χ1n) is 11.7. The van der Waals surface area contributed by atoms with E-state index in [4.69, 9.17) is 10.3 Å². The molecule has 0 bridgehead atoms. The van der Waals surface area contributed by atoms with Gasteiger partial charge in [0.05, 0.1) is 6.04 Å². The van der Waals surface area contributed by atoms with Gasteiger partial charge in [0.25, 0.3) is 11.8 Å². The summed E-state index contributed by atoms with van der Waals surface area (Å²) in [6.07, 6.45) is 5.53. The molecule has 5 rings (SSSR count). The van der Waals surface area contributed by atoms with Gasteiger partial charge in [-0.15, -0.1) is 0 Å². The van der Waals surface area contributed by atoms with Crippen LogP contribution in [0.1, 0.15) is 69.8 Å². The van der Waals surface area contributed by atoms with Crippen molar-refractivity contribution in [1.29, 1.82) is 0 Å². The zero-order valence-electron chi connectivity index (χ0n) is 18.8. The van der Waals surface area contributed by atoms with E-state index in [-0.39, 0.29) is 23.8 Å². The molecule has 9 heteroatoms. The molecule has 1 aliphatic heterocycles. The SMILES string of the molecule is Nc1ccnc(NC(=O)c2cccc(C(NC(=O)c3cc(C4CC4)on3)C3CCNCC3)c2)c1. The summed E-state index contributed by atoms with van der Waals surface area (Å²) in [6, 6.07) is 12.1. The van der Waals surface area contributed by atoms with Gasteiger partial charge in [-0.3, -0.25) is 9.59 Å². The van der Waals surface area contributed by atoms with Gasteiger partial charge in [0.2, 0.25) is 0 Å². The third-order valence-corrected chi connectivity index (χ3v) is 6.42. The maximum absolute atomic E-state index is 13.1. The number of piperidine rings is 1.